The van der Waals surface area contributed by atoms with Crippen LogP contribution < -0.4 is 0 Å². The van der Waals surface area contributed by atoms with Crippen LogP contribution in [0.3, 0.4) is 0 Å². The molecular formula is C16H26O6. The minimum absolute atomic E-state index is 0.0776. The normalized spacial score (nSPS) is 41.9. The molecule has 3 aliphatic heterocycles. The first-order chi connectivity index (χ1) is 10.5. The molecule has 0 radical (unpaired) electrons. The van der Waals surface area contributed by atoms with Crippen molar-refractivity contribution in [1.29, 1.82) is 0 Å². The third kappa shape index (κ3) is 2.32. The first-order valence-corrected chi connectivity index (χ1v) is 8.40. The lowest BCUT2D eigenvalue weighted by Crippen LogP contribution is -2.58. The van der Waals surface area contributed by atoms with Crippen LogP contribution in [0.2, 0.25) is 0 Å². The molecule has 1 saturated carbocycles. The molecule has 1 N–H and O–H groups in total. The molecule has 3 heterocycles. The van der Waals surface area contributed by atoms with Gasteiger partial charge in [0.1, 0.15) is 23.9 Å². The fourth-order valence-electron chi connectivity index (χ4n) is 4.12. The number of fused-ring (bicyclic) bond motifs is 2. The Balaban J connectivity index is 1.57. The van der Waals surface area contributed by atoms with Crippen LogP contribution in [0.5, 0.6) is 0 Å². The first-order valence-electron chi connectivity index (χ1n) is 8.40. The van der Waals surface area contributed by atoms with Crippen LogP contribution in [0, 0.1) is 0 Å². The van der Waals surface area contributed by atoms with Crippen LogP contribution in [-0.2, 0) is 23.7 Å². The molecule has 3 saturated heterocycles. The molecule has 4 aliphatic rings. The van der Waals surface area contributed by atoms with Crippen molar-refractivity contribution in [2.24, 2.45) is 0 Å². The van der Waals surface area contributed by atoms with E-state index in [1.807, 2.05) is 13.8 Å². The second kappa shape index (κ2) is 5.13. The Morgan fingerprint density at radius 1 is 0.955 bits per heavy atom. The van der Waals surface area contributed by atoms with Crippen molar-refractivity contribution in [1.82, 2.24) is 0 Å². The minimum atomic E-state index is -0.672. The van der Waals surface area contributed by atoms with Gasteiger partial charge in [-0.15, -0.1) is 0 Å². The first kappa shape index (κ1) is 15.3. The van der Waals surface area contributed by atoms with Crippen molar-refractivity contribution in [3.8, 4) is 0 Å². The van der Waals surface area contributed by atoms with Crippen molar-refractivity contribution >= 4 is 0 Å². The van der Waals surface area contributed by atoms with Gasteiger partial charge in [0.25, 0.3) is 0 Å². The fraction of sp³-hybridized carbons (Fsp3) is 1.00. The minimum Gasteiger partial charge on any atom is -0.394 e. The Labute approximate surface area is 131 Å². The summed E-state index contributed by atoms with van der Waals surface area (Å²) in [6, 6.07) is 0. The van der Waals surface area contributed by atoms with E-state index in [1.54, 1.807) is 0 Å². The summed E-state index contributed by atoms with van der Waals surface area (Å²) in [4.78, 5) is 0. The summed E-state index contributed by atoms with van der Waals surface area (Å²) in [6.07, 6.45) is 4.46. The lowest BCUT2D eigenvalue weighted by Gasteiger charge is -2.44. The van der Waals surface area contributed by atoms with Crippen molar-refractivity contribution in [3.63, 3.8) is 0 Å². The summed E-state index contributed by atoms with van der Waals surface area (Å²) in [7, 11) is 0. The van der Waals surface area contributed by atoms with E-state index < -0.39 is 17.2 Å². The zero-order valence-electron chi connectivity index (χ0n) is 13.4. The van der Waals surface area contributed by atoms with Gasteiger partial charge < -0.3 is 28.8 Å². The molecule has 0 aromatic rings. The van der Waals surface area contributed by atoms with Crippen molar-refractivity contribution in [2.45, 2.75) is 81.4 Å². The third-order valence-corrected chi connectivity index (χ3v) is 5.39. The topological polar surface area (TPSA) is 66.4 Å². The highest BCUT2D eigenvalue weighted by atomic mass is 16.8. The molecule has 6 nitrogen and oxygen atoms in total. The Morgan fingerprint density at radius 2 is 1.64 bits per heavy atom. The zero-order chi connectivity index (χ0) is 15.4. The molecule has 4 rings (SSSR count). The highest BCUT2D eigenvalue weighted by Crippen LogP contribution is 2.50. The van der Waals surface area contributed by atoms with Gasteiger partial charge in [-0.2, -0.15) is 0 Å². The number of ether oxygens (including phenoxy) is 5. The zero-order valence-corrected chi connectivity index (χ0v) is 13.4. The molecule has 0 bridgehead atoms. The Kier molecular flexibility index (Phi) is 3.57. The molecule has 2 spiro atoms. The average molecular weight is 314 g/mol. The maximum Gasteiger partial charge on any atom is 0.169 e. The SMILES string of the molecule is CC1(C)OCC2(CO1)O[C@H](CO)[C@H]1OC3(CCCCC3)O[C@H]12. The Bertz CT molecular complexity index is 420. The summed E-state index contributed by atoms with van der Waals surface area (Å²) < 4.78 is 30.4. The van der Waals surface area contributed by atoms with Crippen LogP contribution in [0.25, 0.3) is 0 Å². The van der Waals surface area contributed by atoms with E-state index in [4.69, 9.17) is 23.7 Å². The summed E-state index contributed by atoms with van der Waals surface area (Å²) in [5.74, 6) is -1.10. The largest absolute Gasteiger partial charge is 0.394 e. The highest BCUT2D eigenvalue weighted by molar-refractivity contribution is 5.09. The number of aliphatic hydroxyl groups excluding tert-OH is 1. The van der Waals surface area contributed by atoms with Gasteiger partial charge in [0.05, 0.1) is 19.8 Å². The van der Waals surface area contributed by atoms with Gasteiger partial charge in [0, 0.05) is 12.8 Å². The highest BCUT2D eigenvalue weighted by Gasteiger charge is 2.66. The Hall–Kier alpha value is -0.240. The fourth-order valence-corrected chi connectivity index (χ4v) is 4.12. The monoisotopic (exact) mass is 314 g/mol. The van der Waals surface area contributed by atoms with Crippen molar-refractivity contribution in [3.05, 3.63) is 0 Å². The molecule has 22 heavy (non-hydrogen) atoms. The van der Waals surface area contributed by atoms with Gasteiger partial charge in [0.15, 0.2) is 11.6 Å². The van der Waals surface area contributed by atoms with E-state index in [1.165, 1.54) is 6.42 Å². The van der Waals surface area contributed by atoms with E-state index in [9.17, 15) is 5.11 Å². The van der Waals surface area contributed by atoms with Crippen molar-refractivity contribution in [2.75, 3.05) is 19.8 Å². The van der Waals surface area contributed by atoms with E-state index >= 15 is 0 Å². The number of hydrogen-bond acceptors (Lipinski definition) is 6. The molecule has 0 aromatic carbocycles. The molecular weight excluding hydrogens is 288 g/mol. The summed E-state index contributed by atoms with van der Waals surface area (Å²) in [5, 5.41) is 9.67. The second-order valence-electron chi connectivity index (χ2n) is 7.47. The quantitative estimate of drug-likeness (QED) is 0.788. The smallest absolute Gasteiger partial charge is 0.169 e. The van der Waals surface area contributed by atoms with Crippen LogP contribution >= 0.6 is 0 Å². The summed E-state index contributed by atoms with van der Waals surface area (Å²) >= 11 is 0. The molecule has 1 aliphatic carbocycles. The number of rotatable bonds is 1. The van der Waals surface area contributed by atoms with Crippen LogP contribution in [0.15, 0.2) is 0 Å². The summed E-state index contributed by atoms with van der Waals surface area (Å²) in [6.45, 7) is 4.51. The van der Waals surface area contributed by atoms with E-state index in [-0.39, 0.29) is 24.9 Å². The third-order valence-electron chi connectivity index (χ3n) is 5.39. The Morgan fingerprint density at radius 3 is 2.27 bits per heavy atom. The van der Waals surface area contributed by atoms with E-state index in [2.05, 4.69) is 0 Å². The maximum atomic E-state index is 9.67. The maximum absolute atomic E-state index is 9.67. The lowest BCUT2D eigenvalue weighted by molar-refractivity contribution is -0.331. The van der Waals surface area contributed by atoms with Gasteiger partial charge >= 0.3 is 0 Å². The average Bonchev–Trinajstić information content (AvgIpc) is 2.99. The predicted octanol–water partition coefficient (Wildman–Crippen LogP) is 1.34. The van der Waals surface area contributed by atoms with Gasteiger partial charge in [-0.3, -0.25) is 0 Å². The van der Waals surface area contributed by atoms with E-state index in [0.717, 1.165) is 25.7 Å². The second-order valence-corrected chi connectivity index (χ2v) is 7.47. The number of hydrogen-bond donors (Lipinski definition) is 1. The molecule has 4 fully saturated rings. The lowest BCUT2D eigenvalue weighted by atomic mass is 9.93. The standard InChI is InChI=1S/C16H26O6/c1-14(2)18-9-15(10-19-14)13-12(11(8-17)20-15)21-16(22-13)6-4-3-5-7-16/h11-13,17H,3-10H2,1-2H3/t11-,12-,13-/m1/s1. The van der Waals surface area contributed by atoms with Gasteiger partial charge in [-0.25, -0.2) is 0 Å². The number of aliphatic hydroxyl groups is 1. The van der Waals surface area contributed by atoms with Gasteiger partial charge in [-0.05, 0) is 26.7 Å². The summed E-state index contributed by atoms with van der Waals surface area (Å²) in [5.41, 5.74) is -0.672. The van der Waals surface area contributed by atoms with Gasteiger partial charge in [0.2, 0.25) is 0 Å². The van der Waals surface area contributed by atoms with Crippen LogP contribution in [0.4, 0.5) is 0 Å². The molecule has 3 atom stereocenters. The molecule has 126 valence electrons. The van der Waals surface area contributed by atoms with Gasteiger partial charge in [-0.1, -0.05) is 6.42 Å². The van der Waals surface area contributed by atoms with Crippen LogP contribution in [0.1, 0.15) is 46.0 Å². The van der Waals surface area contributed by atoms with Crippen LogP contribution in [-0.4, -0.2) is 60.4 Å². The van der Waals surface area contributed by atoms with Crippen molar-refractivity contribution < 1.29 is 28.8 Å². The molecule has 0 aromatic heterocycles. The molecule has 0 unspecified atom stereocenters. The van der Waals surface area contributed by atoms with E-state index in [0.29, 0.717) is 13.2 Å². The molecule has 6 heteroatoms. The predicted molar refractivity (Wildman–Crippen MR) is 76.2 cm³/mol. The molecule has 0 amide bonds.